The number of benzene rings is 1. The maximum atomic E-state index is 14.2. The second kappa shape index (κ2) is 3.63. The van der Waals surface area contributed by atoms with Crippen LogP contribution in [0.1, 0.15) is 12.8 Å². The van der Waals surface area contributed by atoms with Gasteiger partial charge >= 0.3 is 0 Å². The lowest BCUT2D eigenvalue weighted by atomic mass is 10.2. The Morgan fingerprint density at radius 3 is 2.88 bits per heavy atom. The number of hydrogen-bond donors (Lipinski definition) is 1. The first-order valence-corrected chi connectivity index (χ1v) is 5.71. The van der Waals surface area contributed by atoms with Gasteiger partial charge in [-0.3, -0.25) is 0 Å². The highest BCUT2D eigenvalue weighted by Gasteiger charge is 2.22. The van der Waals surface area contributed by atoms with Gasteiger partial charge in [-0.05, 0) is 18.9 Å². The summed E-state index contributed by atoms with van der Waals surface area (Å²) in [6.45, 7) is 1.74. The Hall–Kier alpha value is -1.29. The number of aromatic nitrogens is 2. The molecule has 0 spiro atoms. The molecule has 3 rings (SSSR count). The first kappa shape index (κ1) is 9.90. The predicted octanol–water partition coefficient (Wildman–Crippen LogP) is 2.96. The lowest BCUT2D eigenvalue weighted by molar-refractivity contribution is 0.632. The van der Waals surface area contributed by atoms with Crippen molar-refractivity contribution in [3.63, 3.8) is 0 Å². The van der Waals surface area contributed by atoms with E-state index in [-0.39, 0.29) is 5.82 Å². The van der Waals surface area contributed by atoms with Crippen molar-refractivity contribution in [2.75, 3.05) is 18.0 Å². The van der Waals surface area contributed by atoms with Crippen LogP contribution in [0.2, 0.25) is 5.02 Å². The summed E-state index contributed by atoms with van der Waals surface area (Å²) in [5.41, 5.74) is 1.51. The number of anilines is 1. The molecule has 5 heteroatoms. The molecule has 84 valence electrons. The molecular formula is C11H11ClFN3. The molecule has 1 aliphatic rings. The Morgan fingerprint density at radius 1 is 1.38 bits per heavy atom. The Labute approximate surface area is 97.2 Å². The minimum Gasteiger partial charge on any atom is -0.368 e. The van der Waals surface area contributed by atoms with Crippen LogP contribution in [0.3, 0.4) is 0 Å². The molecule has 0 radical (unpaired) electrons. The number of aromatic amines is 1. The third-order valence-corrected chi connectivity index (χ3v) is 3.29. The molecule has 1 saturated heterocycles. The van der Waals surface area contributed by atoms with Crippen molar-refractivity contribution in [2.45, 2.75) is 12.8 Å². The van der Waals surface area contributed by atoms with Crippen molar-refractivity contribution in [1.82, 2.24) is 9.97 Å². The van der Waals surface area contributed by atoms with Gasteiger partial charge in [-0.2, -0.15) is 0 Å². The van der Waals surface area contributed by atoms with Crippen LogP contribution in [-0.2, 0) is 0 Å². The number of H-pyrrole nitrogens is 1. The lowest BCUT2D eigenvalue weighted by Crippen LogP contribution is -2.19. The molecule has 0 atom stereocenters. The molecule has 16 heavy (non-hydrogen) atoms. The third kappa shape index (κ3) is 1.37. The van der Waals surface area contributed by atoms with E-state index in [0.29, 0.717) is 21.7 Å². The molecule has 0 aliphatic carbocycles. The second-order valence-corrected chi connectivity index (χ2v) is 4.42. The van der Waals surface area contributed by atoms with Crippen molar-refractivity contribution >= 4 is 28.3 Å². The van der Waals surface area contributed by atoms with Crippen molar-refractivity contribution in [3.05, 3.63) is 23.2 Å². The minimum absolute atomic E-state index is 0.314. The number of imidazole rings is 1. The molecule has 0 amide bonds. The average molecular weight is 240 g/mol. The number of fused-ring (bicyclic) bond motifs is 1. The van der Waals surface area contributed by atoms with E-state index >= 15 is 0 Å². The molecule has 0 saturated carbocycles. The fraction of sp³-hybridized carbons (Fsp3) is 0.364. The third-order valence-electron chi connectivity index (χ3n) is 3.00. The van der Waals surface area contributed by atoms with E-state index in [1.54, 1.807) is 6.07 Å². The maximum absolute atomic E-state index is 14.2. The highest BCUT2D eigenvalue weighted by Crippen LogP contribution is 2.35. The van der Waals surface area contributed by atoms with Gasteiger partial charge in [0.2, 0.25) is 0 Å². The summed E-state index contributed by atoms with van der Waals surface area (Å²) in [5.74, 6) is -0.314. The average Bonchev–Trinajstić information content (AvgIpc) is 2.87. The molecule has 1 aromatic carbocycles. The van der Waals surface area contributed by atoms with Crippen LogP contribution >= 0.6 is 11.6 Å². The molecule has 0 unspecified atom stereocenters. The number of halogens is 2. The van der Waals surface area contributed by atoms with Crippen molar-refractivity contribution in [1.29, 1.82) is 0 Å². The molecule has 2 aromatic rings. The first-order valence-electron chi connectivity index (χ1n) is 5.33. The van der Waals surface area contributed by atoms with Crippen LogP contribution in [0.15, 0.2) is 12.4 Å². The zero-order chi connectivity index (χ0) is 11.1. The summed E-state index contributed by atoms with van der Waals surface area (Å²) in [6.07, 6.45) is 3.67. The van der Waals surface area contributed by atoms with E-state index in [0.717, 1.165) is 25.9 Å². The van der Waals surface area contributed by atoms with Gasteiger partial charge in [-0.25, -0.2) is 9.37 Å². The first-order chi connectivity index (χ1) is 7.77. The van der Waals surface area contributed by atoms with Gasteiger partial charge in [0.1, 0.15) is 5.52 Å². The maximum Gasteiger partial charge on any atom is 0.175 e. The molecule has 1 aromatic heterocycles. The predicted molar refractivity (Wildman–Crippen MR) is 62.5 cm³/mol. The summed E-state index contributed by atoms with van der Waals surface area (Å²) in [7, 11) is 0. The highest BCUT2D eigenvalue weighted by molar-refractivity contribution is 6.34. The number of rotatable bonds is 1. The van der Waals surface area contributed by atoms with Crippen molar-refractivity contribution in [2.24, 2.45) is 0 Å². The Morgan fingerprint density at radius 2 is 2.12 bits per heavy atom. The van der Waals surface area contributed by atoms with E-state index in [2.05, 4.69) is 9.97 Å². The smallest absolute Gasteiger partial charge is 0.175 e. The van der Waals surface area contributed by atoms with Gasteiger partial charge in [-0.15, -0.1) is 0 Å². The topological polar surface area (TPSA) is 31.9 Å². The van der Waals surface area contributed by atoms with Crippen LogP contribution in [0.25, 0.3) is 11.0 Å². The molecule has 0 bridgehead atoms. The summed E-state index contributed by atoms with van der Waals surface area (Å²) in [5, 5.41) is 0.455. The van der Waals surface area contributed by atoms with Crippen molar-refractivity contribution in [3.8, 4) is 0 Å². The highest BCUT2D eigenvalue weighted by atomic mass is 35.5. The molecule has 1 fully saturated rings. The zero-order valence-corrected chi connectivity index (χ0v) is 9.39. The molecule has 1 N–H and O–H groups in total. The standard InChI is InChI=1S/C11H11ClFN3/c12-7-5-8-10(15-6-14-8)9(13)11(7)16-3-1-2-4-16/h5-6H,1-4H2,(H,14,15). The van der Waals surface area contributed by atoms with E-state index < -0.39 is 0 Å². The lowest BCUT2D eigenvalue weighted by Gasteiger charge is -2.19. The van der Waals surface area contributed by atoms with E-state index in [9.17, 15) is 4.39 Å². The molecule has 1 aliphatic heterocycles. The Balaban J connectivity index is 2.21. The quantitative estimate of drug-likeness (QED) is 0.830. The normalized spacial score (nSPS) is 16.2. The van der Waals surface area contributed by atoms with Crippen LogP contribution in [0, 0.1) is 5.82 Å². The second-order valence-electron chi connectivity index (χ2n) is 4.01. The van der Waals surface area contributed by atoms with Gasteiger partial charge in [-0.1, -0.05) is 11.6 Å². The van der Waals surface area contributed by atoms with Gasteiger partial charge in [0.15, 0.2) is 5.82 Å². The number of nitrogens with one attached hydrogen (secondary N) is 1. The Bertz CT molecular complexity index is 531. The summed E-state index contributed by atoms with van der Waals surface area (Å²) >= 11 is 6.12. The summed E-state index contributed by atoms with van der Waals surface area (Å²) in [4.78, 5) is 8.83. The largest absolute Gasteiger partial charge is 0.368 e. The molecule has 3 nitrogen and oxygen atoms in total. The minimum atomic E-state index is -0.314. The summed E-state index contributed by atoms with van der Waals surface area (Å²) < 4.78 is 14.2. The van der Waals surface area contributed by atoms with Gasteiger partial charge in [0, 0.05) is 13.1 Å². The monoisotopic (exact) mass is 239 g/mol. The van der Waals surface area contributed by atoms with Gasteiger partial charge in [0.05, 0.1) is 22.6 Å². The number of nitrogens with zero attached hydrogens (tertiary/aromatic N) is 2. The van der Waals surface area contributed by atoms with Gasteiger partial charge in [0.25, 0.3) is 0 Å². The fourth-order valence-corrected chi connectivity index (χ4v) is 2.54. The molecule has 2 heterocycles. The van der Waals surface area contributed by atoms with E-state index in [4.69, 9.17) is 11.6 Å². The fourth-order valence-electron chi connectivity index (χ4n) is 2.23. The van der Waals surface area contributed by atoms with Crippen LogP contribution < -0.4 is 4.90 Å². The SMILES string of the molecule is Fc1c(N2CCCC2)c(Cl)cc2[nH]cnc12. The van der Waals surface area contributed by atoms with Crippen LogP contribution in [0.5, 0.6) is 0 Å². The Kier molecular flexibility index (Phi) is 2.24. The van der Waals surface area contributed by atoms with E-state index in [1.807, 2.05) is 4.90 Å². The van der Waals surface area contributed by atoms with Gasteiger partial charge < -0.3 is 9.88 Å². The van der Waals surface area contributed by atoms with Crippen LogP contribution in [0.4, 0.5) is 10.1 Å². The van der Waals surface area contributed by atoms with Crippen molar-refractivity contribution < 1.29 is 4.39 Å². The van der Waals surface area contributed by atoms with Crippen LogP contribution in [-0.4, -0.2) is 23.1 Å². The summed E-state index contributed by atoms with van der Waals surface area (Å²) in [6, 6.07) is 1.74. The molecular weight excluding hydrogens is 229 g/mol. The van der Waals surface area contributed by atoms with E-state index in [1.165, 1.54) is 6.33 Å². The zero-order valence-electron chi connectivity index (χ0n) is 8.63. The number of hydrogen-bond acceptors (Lipinski definition) is 2.